The van der Waals surface area contributed by atoms with Crippen molar-refractivity contribution in [3.63, 3.8) is 0 Å². The molecule has 0 aliphatic carbocycles. The van der Waals surface area contributed by atoms with Crippen LogP contribution >= 0.6 is 11.3 Å². The van der Waals surface area contributed by atoms with Crippen LogP contribution in [0.2, 0.25) is 0 Å². The Kier molecular flexibility index (Phi) is 3.38. The molecule has 18 heavy (non-hydrogen) atoms. The molecule has 0 N–H and O–H groups in total. The molecule has 0 radical (unpaired) electrons. The Bertz CT molecular complexity index is 476. The van der Waals surface area contributed by atoms with Gasteiger partial charge in [-0.1, -0.05) is 0 Å². The largest absolute Gasteiger partial charge is 0.444 e. The first kappa shape index (κ1) is 13.0. The van der Waals surface area contributed by atoms with Crippen LogP contribution in [0.5, 0.6) is 0 Å². The van der Waals surface area contributed by atoms with Crippen LogP contribution < -0.4 is 0 Å². The number of aldehydes is 1. The zero-order chi connectivity index (χ0) is 13.3. The summed E-state index contributed by atoms with van der Waals surface area (Å²) >= 11 is 1.35. The van der Waals surface area contributed by atoms with Gasteiger partial charge in [0.1, 0.15) is 5.60 Å². The number of carbonyl (C=O) groups excluding carboxylic acids is 2. The van der Waals surface area contributed by atoms with Crippen molar-refractivity contribution in [3.8, 4) is 0 Å². The summed E-state index contributed by atoms with van der Waals surface area (Å²) in [4.78, 5) is 29.4. The molecular formula is C12H16N2O3S. The van der Waals surface area contributed by atoms with E-state index in [1.54, 1.807) is 4.90 Å². The van der Waals surface area contributed by atoms with Gasteiger partial charge in [-0.3, -0.25) is 4.79 Å². The molecule has 1 amide bonds. The number of hydrogen-bond acceptors (Lipinski definition) is 5. The lowest BCUT2D eigenvalue weighted by Gasteiger charge is -2.29. The molecule has 0 bridgehead atoms. The third-order valence-corrected chi connectivity index (χ3v) is 3.51. The molecule has 0 fully saturated rings. The van der Waals surface area contributed by atoms with Crippen LogP contribution in [0, 0.1) is 0 Å². The summed E-state index contributed by atoms with van der Waals surface area (Å²) < 4.78 is 5.33. The summed E-state index contributed by atoms with van der Waals surface area (Å²) in [6, 6.07) is 0. The van der Waals surface area contributed by atoms with Crippen LogP contribution in [-0.4, -0.2) is 34.4 Å². The fourth-order valence-electron chi connectivity index (χ4n) is 1.75. The number of aromatic nitrogens is 1. The van der Waals surface area contributed by atoms with Crippen molar-refractivity contribution in [2.45, 2.75) is 39.3 Å². The quantitative estimate of drug-likeness (QED) is 0.733. The summed E-state index contributed by atoms with van der Waals surface area (Å²) in [6.07, 6.45) is 1.12. The predicted molar refractivity (Wildman–Crippen MR) is 67.8 cm³/mol. The molecule has 1 aromatic rings. The highest BCUT2D eigenvalue weighted by atomic mass is 32.1. The van der Waals surface area contributed by atoms with Gasteiger partial charge >= 0.3 is 6.09 Å². The minimum Gasteiger partial charge on any atom is -0.444 e. The fourth-order valence-corrected chi connectivity index (χ4v) is 2.69. The molecule has 1 aromatic heterocycles. The fraction of sp³-hybridized carbons (Fsp3) is 0.583. The smallest absolute Gasteiger partial charge is 0.410 e. The van der Waals surface area contributed by atoms with Crippen molar-refractivity contribution in [2.75, 3.05) is 6.54 Å². The first-order valence-corrected chi connectivity index (χ1v) is 6.62. The summed E-state index contributed by atoms with van der Waals surface area (Å²) in [7, 11) is 0. The van der Waals surface area contributed by atoms with Crippen molar-refractivity contribution >= 4 is 23.7 Å². The van der Waals surface area contributed by atoms with Gasteiger partial charge < -0.3 is 9.64 Å². The van der Waals surface area contributed by atoms with E-state index >= 15 is 0 Å². The molecule has 0 atom stereocenters. The van der Waals surface area contributed by atoms with Crippen LogP contribution in [0.1, 0.15) is 41.1 Å². The Morgan fingerprint density at radius 3 is 2.83 bits per heavy atom. The summed E-state index contributed by atoms with van der Waals surface area (Å²) in [6.45, 7) is 6.60. The van der Waals surface area contributed by atoms with Gasteiger partial charge in [0.2, 0.25) is 0 Å². The maximum atomic E-state index is 11.9. The van der Waals surface area contributed by atoms with Crippen LogP contribution in [0.25, 0.3) is 0 Å². The minimum atomic E-state index is -0.487. The van der Waals surface area contributed by atoms with Crippen molar-refractivity contribution in [1.82, 2.24) is 9.88 Å². The summed E-state index contributed by atoms with van der Waals surface area (Å²) in [5.41, 5.74) is 0.445. The van der Waals surface area contributed by atoms with E-state index in [1.807, 2.05) is 20.8 Å². The average molecular weight is 268 g/mol. The number of hydrogen-bond donors (Lipinski definition) is 0. The molecule has 0 spiro atoms. The number of nitrogens with zero attached hydrogens (tertiary/aromatic N) is 2. The van der Waals surface area contributed by atoms with Crippen LogP contribution in [0.15, 0.2) is 0 Å². The highest BCUT2D eigenvalue weighted by Crippen LogP contribution is 2.25. The normalized spacial score (nSPS) is 15.2. The van der Waals surface area contributed by atoms with Gasteiger partial charge in [0.15, 0.2) is 11.3 Å². The van der Waals surface area contributed by atoms with E-state index in [1.165, 1.54) is 11.3 Å². The zero-order valence-electron chi connectivity index (χ0n) is 10.7. The lowest BCUT2D eigenvalue weighted by atomic mass is 10.2. The first-order chi connectivity index (χ1) is 8.39. The molecule has 98 valence electrons. The van der Waals surface area contributed by atoms with Gasteiger partial charge in [0.25, 0.3) is 0 Å². The molecule has 2 rings (SSSR count). The molecule has 1 aliphatic rings. The van der Waals surface area contributed by atoms with Crippen molar-refractivity contribution in [2.24, 2.45) is 0 Å². The SMILES string of the molecule is CC(C)(C)OC(=O)N1CCc2nc(C=O)sc2C1. The Morgan fingerprint density at radius 2 is 2.22 bits per heavy atom. The number of ether oxygens (including phenoxy) is 1. The molecule has 6 heteroatoms. The minimum absolute atomic E-state index is 0.311. The first-order valence-electron chi connectivity index (χ1n) is 5.81. The van der Waals surface area contributed by atoms with Crippen molar-refractivity contribution < 1.29 is 14.3 Å². The van der Waals surface area contributed by atoms with Gasteiger partial charge in [0, 0.05) is 17.8 Å². The van der Waals surface area contributed by atoms with Crippen LogP contribution in [0.4, 0.5) is 4.79 Å². The third kappa shape index (κ3) is 2.87. The standard InChI is InChI=1S/C12H16N2O3S/c1-12(2,3)17-11(16)14-5-4-8-9(6-14)18-10(7-15)13-8/h7H,4-6H2,1-3H3. The van der Waals surface area contributed by atoms with E-state index in [2.05, 4.69) is 4.98 Å². The molecule has 1 aliphatic heterocycles. The summed E-state index contributed by atoms with van der Waals surface area (Å²) in [5, 5.41) is 0.478. The van der Waals surface area contributed by atoms with Crippen molar-refractivity contribution in [1.29, 1.82) is 0 Å². The van der Waals surface area contributed by atoms with Crippen molar-refractivity contribution in [3.05, 3.63) is 15.6 Å². The summed E-state index contributed by atoms with van der Waals surface area (Å²) in [5.74, 6) is 0. The predicted octanol–water partition coefficient (Wildman–Crippen LogP) is 2.25. The Morgan fingerprint density at radius 1 is 1.50 bits per heavy atom. The van der Waals surface area contributed by atoms with Gasteiger partial charge in [0.05, 0.1) is 12.2 Å². The maximum absolute atomic E-state index is 11.9. The van der Waals surface area contributed by atoms with E-state index < -0.39 is 5.60 Å². The molecule has 0 saturated heterocycles. The van der Waals surface area contributed by atoms with Crippen LogP contribution in [-0.2, 0) is 17.7 Å². The van der Waals surface area contributed by atoms with E-state index in [-0.39, 0.29) is 6.09 Å². The number of amides is 1. The maximum Gasteiger partial charge on any atom is 0.410 e. The van der Waals surface area contributed by atoms with Gasteiger partial charge in [-0.25, -0.2) is 9.78 Å². The Labute approximate surface area is 110 Å². The second-order valence-electron chi connectivity index (χ2n) is 5.19. The molecule has 0 saturated carbocycles. The molecule has 0 aromatic carbocycles. The van der Waals surface area contributed by atoms with E-state index in [4.69, 9.17) is 4.74 Å². The number of carbonyl (C=O) groups is 2. The molecular weight excluding hydrogens is 252 g/mol. The zero-order valence-corrected chi connectivity index (χ0v) is 11.5. The number of fused-ring (bicyclic) bond motifs is 1. The van der Waals surface area contributed by atoms with Gasteiger partial charge in [-0.15, -0.1) is 11.3 Å². The van der Waals surface area contributed by atoms with E-state index in [0.717, 1.165) is 16.9 Å². The topological polar surface area (TPSA) is 59.5 Å². The number of thiazole rings is 1. The average Bonchev–Trinajstić information content (AvgIpc) is 2.68. The third-order valence-electron chi connectivity index (χ3n) is 2.50. The van der Waals surface area contributed by atoms with E-state index in [9.17, 15) is 9.59 Å². The highest BCUT2D eigenvalue weighted by molar-refractivity contribution is 7.13. The lowest BCUT2D eigenvalue weighted by Crippen LogP contribution is -2.39. The molecule has 2 heterocycles. The Hall–Kier alpha value is -1.43. The van der Waals surface area contributed by atoms with Crippen LogP contribution in [0.3, 0.4) is 0 Å². The van der Waals surface area contributed by atoms with Gasteiger partial charge in [-0.2, -0.15) is 0 Å². The van der Waals surface area contributed by atoms with E-state index in [0.29, 0.717) is 24.5 Å². The lowest BCUT2D eigenvalue weighted by molar-refractivity contribution is 0.0225. The number of rotatable bonds is 1. The van der Waals surface area contributed by atoms with Gasteiger partial charge in [-0.05, 0) is 20.8 Å². The second kappa shape index (κ2) is 4.68. The Balaban J connectivity index is 2.07. The molecule has 5 nitrogen and oxygen atoms in total. The second-order valence-corrected chi connectivity index (χ2v) is 6.31. The molecule has 0 unspecified atom stereocenters. The monoisotopic (exact) mass is 268 g/mol. The highest BCUT2D eigenvalue weighted by Gasteiger charge is 2.27.